The van der Waals surface area contributed by atoms with Crippen molar-refractivity contribution in [1.82, 2.24) is 4.72 Å². The second kappa shape index (κ2) is 6.66. The van der Waals surface area contributed by atoms with E-state index in [4.69, 9.17) is 10.4 Å². The topological polar surface area (TPSA) is 90.2 Å². The Morgan fingerprint density at radius 1 is 1.37 bits per heavy atom. The van der Waals surface area contributed by atoms with Crippen molar-refractivity contribution in [3.05, 3.63) is 35.4 Å². The molecule has 0 saturated carbocycles. The third-order valence-electron chi connectivity index (χ3n) is 2.82. The molecule has 0 amide bonds. The van der Waals surface area contributed by atoms with E-state index in [-0.39, 0.29) is 18.3 Å². The van der Waals surface area contributed by atoms with E-state index in [9.17, 15) is 8.42 Å². The molecule has 1 rings (SSSR count). The van der Waals surface area contributed by atoms with Gasteiger partial charge in [-0.05, 0) is 17.5 Å². The molecular formula is C13H18N2O3S. The predicted octanol–water partition coefficient (Wildman–Crippen LogP) is 0.995. The Bertz CT molecular complexity index is 561. The summed E-state index contributed by atoms with van der Waals surface area (Å²) >= 11 is 0. The van der Waals surface area contributed by atoms with E-state index in [1.807, 2.05) is 19.9 Å². The van der Waals surface area contributed by atoms with Gasteiger partial charge in [0.05, 0.1) is 24.0 Å². The van der Waals surface area contributed by atoms with Gasteiger partial charge in [0.15, 0.2) is 0 Å². The van der Waals surface area contributed by atoms with E-state index >= 15 is 0 Å². The van der Waals surface area contributed by atoms with Gasteiger partial charge in [-0.3, -0.25) is 0 Å². The number of rotatable bonds is 6. The summed E-state index contributed by atoms with van der Waals surface area (Å²) in [6.45, 7) is 3.40. The molecule has 0 saturated heterocycles. The first-order valence-electron chi connectivity index (χ1n) is 5.98. The highest BCUT2D eigenvalue weighted by molar-refractivity contribution is 7.88. The molecule has 0 fully saturated rings. The van der Waals surface area contributed by atoms with Crippen LogP contribution < -0.4 is 4.72 Å². The van der Waals surface area contributed by atoms with Gasteiger partial charge >= 0.3 is 0 Å². The van der Waals surface area contributed by atoms with Gasteiger partial charge < -0.3 is 5.11 Å². The van der Waals surface area contributed by atoms with Crippen molar-refractivity contribution in [3.63, 3.8) is 0 Å². The molecule has 0 heterocycles. The van der Waals surface area contributed by atoms with Crippen molar-refractivity contribution in [3.8, 4) is 6.07 Å². The van der Waals surface area contributed by atoms with E-state index in [0.29, 0.717) is 11.1 Å². The molecule has 0 aliphatic carbocycles. The third-order valence-corrected chi connectivity index (χ3v) is 4.17. The number of benzene rings is 1. The summed E-state index contributed by atoms with van der Waals surface area (Å²) in [6, 6.07) is 8.02. The molecule has 0 radical (unpaired) electrons. The quantitative estimate of drug-likeness (QED) is 0.814. The van der Waals surface area contributed by atoms with Crippen LogP contribution in [0, 0.1) is 17.2 Å². The predicted molar refractivity (Wildman–Crippen MR) is 72.6 cm³/mol. The van der Waals surface area contributed by atoms with E-state index < -0.39 is 16.1 Å². The van der Waals surface area contributed by atoms with Crippen LogP contribution in [-0.2, 0) is 15.8 Å². The number of aliphatic hydroxyl groups is 1. The molecular weight excluding hydrogens is 264 g/mol. The van der Waals surface area contributed by atoms with Crippen LogP contribution in [0.15, 0.2) is 24.3 Å². The maximum absolute atomic E-state index is 12.0. The molecule has 1 aromatic rings. The lowest BCUT2D eigenvalue weighted by Crippen LogP contribution is -2.41. The SMILES string of the molecule is CC(C)[C@@H](CO)NS(=O)(=O)Cc1ccccc1C#N. The number of sulfonamides is 1. The van der Waals surface area contributed by atoms with Crippen molar-refractivity contribution >= 4 is 10.0 Å². The van der Waals surface area contributed by atoms with Crippen LogP contribution in [0.1, 0.15) is 25.0 Å². The van der Waals surface area contributed by atoms with Crippen molar-refractivity contribution in [2.45, 2.75) is 25.6 Å². The van der Waals surface area contributed by atoms with Gasteiger partial charge in [-0.25, -0.2) is 13.1 Å². The lowest BCUT2D eigenvalue weighted by molar-refractivity contribution is 0.227. The Labute approximate surface area is 113 Å². The number of nitrogens with zero attached hydrogens (tertiary/aromatic N) is 1. The lowest BCUT2D eigenvalue weighted by atomic mass is 10.1. The van der Waals surface area contributed by atoms with Gasteiger partial charge in [-0.1, -0.05) is 32.0 Å². The van der Waals surface area contributed by atoms with Crippen molar-refractivity contribution < 1.29 is 13.5 Å². The molecule has 0 unspecified atom stereocenters. The number of aliphatic hydroxyl groups excluding tert-OH is 1. The first-order valence-corrected chi connectivity index (χ1v) is 7.63. The highest BCUT2D eigenvalue weighted by Gasteiger charge is 2.21. The monoisotopic (exact) mass is 282 g/mol. The fraction of sp³-hybridized carbons (Fsp3) is 0.462. The van der Waals surface area contributed by atoms with Crippen LogP contribution in [0.5, 0.6) is 0 Å². The molecule has 0 aliphatic heterocycles. The molecule has 1 aromatic carbocycles. The standard InChI is InChI=1S/C13H18N2O3S/c1-10(2)13(8-16)15-19(17,18)9-12-6-4-3-5-11(12)7-14/h3-6,10,13,15-16H,8-9H2,1-2H3/t13-/m1/s1. The van der Waals surface area contributed by atoms with Gasteiger partial charge in [0.1, 0.15) is 0 Å². The van der Waals surface area contributed by atoms with Crippen LogP contribution in [0.25, 0.3) is 0 Å². The Kier molecular flexibility index (Phi) is 5.48. The van der Waals surface area contributed by atoms with Crippen LogP contribution in [-0.4, -0.2) is 26.2 Å². The normalized spacial score (nSPS) is 13.2. The first-order chi connectivity index (χ1) is 8.89. The summed E-state index contributed by atoms with van der Waals surface area (Å²) in [5.74, 6) is -0.272. The zero-order valence-electron chi connectivity index (χ0n) is 11.0. The van der Waals surface area contributed by atoms with Gasteiger partial charge in [0, 0.05) is 6.04 Å². The molecule has 2 N–H and O–H groups in total. The average Bonchev–Trinajstić information content (AvgIpc) is 2.36. The molecule has 0 aliphatic rings. The van der Waals surface area contributed by atoms with Crippen LogP contribution in [0.3, 0.4) is 0 Å². The Morgan fingerprint density at radius 3 is 2.53 bits per heavy atom. The largest absolute Gasteiger partial charge is 0.395 e. The Hall–Kier alpha value is -1.42. The van der Waals surface area contributed by atoms with E-state index in [1.54, 1.807) is 24.3 Å². The molecule has 104 valence electrons. The Morgan fingerprint density at radius 2 is 2.00 bits per heavy atom. The number of hydrogen-bond donors (Lipinski definition) is 2. The van der Waals surface area contributed by atoms with E-state index in [2.05, 4.69) is 4.72 Å². The van der Waals surface area contributed by atoms with Gasteiger partial charge in [0.25, 0.3) is 0 Å². The van der Waals surface area contributed by atoms with Crippen LogP contribution in [0.4, 0.5) is 0 Å². The number of nitriles is 1. The minimum absolute atomic E-state index is 0.00835. The third kappa shape index (κ3) is 4.63. The summed E-state index contributed by atoms with van der Waals surface area (Å²) in [4.78, 5) is 0. The fourth-order valence-corrected chi connectivity index (χ4v) is 3.17. The van der Waals surface area contributed by atoms with E-state index in [1.165, 1.54) is 0 Å². The molecule has 0 bridgehead atoms. The minimum atomic E-state index is -3.58. The minimum Gasteiger partial charge on any atom is -0.395 e. The molecule has 1 atom stereocenters. The van der Waals surface area contributed by atoms with Gasteiger partial charge in [-0.15, -0.1) is 0 Å². The van der Waals surface area contributed by atoms with Gasteiger partial charge in [0.2, 0.25) is 10.0 Å². The summed E-state index contributed by atoms with van der Waals surface area (Å²) in [6.07, 6.45) is 0. The summed E-state index contributed by atoms with van der Waals surface area (Å²) in [7, 11) is -3.58. The zero-order chi connectivity index (χ0) is 14.5. The average molecular weight is 282 g/mol. The maximum atomic E-state index is 12.0. The smallest absolute Gasteiger partial charge is 0.216 e. The Balaban J connectivity index is 2.89. The molecule has 0 aromatic heterocycles. The van der Waals surface area contributed by atoms with Crippen molar-refractivity contribution in [2.75, 3.05) is 6.61 Å². The maximum Gasteiger partial charge on any atom is 0.216 e. The zero-order valence-corrected chi connectivity index (χ0v) is 11.8. The van der Waals surface area contributed by atoms with Crippen molar-refractivity contribution in [1.29, 1.82) is 5.26 Å². The fourth-order valence-electron chi connectivity index (χ4n) is 1.62. The van der Waals surface area contributed by atoms with Crippen LogP contribution in [0.2, 0.25) is 0 Å². The molecule has 6 heteroatoms. The summed E-state index contributed by atoms with van der Waals surface area (Å²) < 4.78 is 26.5. The molecule has 0 spiro atoms. The highest BCUT2D eigenvalue weighted by atomic mass is 32.2. The first kappa shape index (κ1) is 15.6. The van der Waals surface area contributed by atoms with Gasteiger partial charge in [-0.2, -0.15) is 5.26 Å². The summed E-state index contributed by atoms with van der Waals surface area (Å²) in [5.41, 5.74) is 0.802. The molecule has 5 nitrogen and oxygen atoms in total. The summed E-state index contributed by atoms with van der Waals surface area (Å²) in [5, 5.41) is 18.1. The molecule has 19 heavy (non-hydrogen) atoms. The van der Waals surface area contributed by atoms with E-state index in [0.717, 1.165) is 0 Å². The second-order valence-corrected chi connectivity index (χ2v) is 6.43. The number of nitrogens with one attached hydrogen (secondary N) is 1. The van der Waals surface area contributed by atoms with Crippen LogP contribution >= 0.6 is 0 Å². The number of hydrogen-bond acceptors (Lipinski definition) is 4. The van der Waals surface area contributed by atoms with Crippen molar-refractivity contribution in [2.24, 2.45) is 5.92 Å². The lowest BCUT2D eigenvalue weighted by Gasteiger charge is -2.20. The highest BCUT2D eigenvalue weighted by Crippen LogP contribution is 2.12. The second-order valence-electron chi connectivity index (χ2n) is 4.68.